The molecule has 1 aliphatic carbocycles. The van der Waals surface area contributed by atoms with Crippen LogP contribution in [-0.4, -0.2) is 20.3 Å². The van der Waals surface area contributed by atoms with Crippen molar-refractivity contribution in [1.82, 2.24) is 20.3 Å². The third kappa shape index (κ3) is 2.02. The second-order valence-corrected chi connectivity index (χ2v) is 5.22. The van der Waals surface area contributed by atoms with Crippen molar-refractivity contribution in [2.45, 2.75) is 24.8 Å². The van der Waals surface area contributed by atoms with E-state index in [1.54, 1.807) is 12.3 Å². The quantitative estimate of drug-likeness (QED) is 0.785. The van der Waals surface area contributed by atoms with E-state index >= 15 is 0 Å². The lowest BCUT2D eigenvalue weighted by atomic mass is 9.77. The molecule has 0 aliphatic heterocycles. The molecule has 1 aliphatic rings. The van der Waals surface area contributed by atoms with Gasteiger partial charge < -0.3 is 14.8 Å². The molecular weight excluding hydrogens is 270 g/mol. The highest BCUT2D eigenvalue weighted by Crippen LogP contribution is 2.37. The largest absolute Gasteiger partial charge is 0.350 e. The van der Waals surface area contributed by atoms with Gasteiger partial charge >= 0.3 is 0 Å². The van der Waals surface area contributed by atoms with Gasteiger partial charge in [0.1, 0.15) is 5.69 Å². The Morgan fingerprint density at radius 2 is 2.00 bits per heavy atom. The lowest BCUT2D eigenvalue weighted by molar-refractivity contribution is 0.229. The van der Waals surface area contributed by atoms with E-state index in [-0.39, 0.29) is 5.89 Å². The van der Waals surface area contributed by atoms with Gasteiger partial charge in [-0.2, -0.15) is 4.98 Å². The lowest BCUT2D eigenvalue weighted by Crippen LogP contribution is -2.44. The van der Waals surface area contributed by atoms with E-state index in [4.69, 9.17) is 14.8 Å². The fraction of sp³-hybridized carbons (Fsp3) is 0.286. The molecule has 0 atom stereocenters. The molecule has 0 bridgehead atoms. The monoisotopic (exact) mass is 283 g/mol. The average Bonchev–Trinajstić information content (AvgIpc) is 3.14. The second-order valence-electron chi connectivity index (χ2n) is 5.22. The highest BCUT2D eigenvalue weighted by Gasteiger charge is 2.39. The van der Waals surface area contributed by atoms with Crippen LogP contribution in [0.3, 0.4) is 0 Å². The summed E-state index contributed by atoms with van der Waals surface area (Å²) in [5.74, 6) is 1.23. The van der Waals surface area contributed by atoms with Crippen LogP contribution in [0.4, 0.5) is 0 Å². The molecule has 0 unspecified atom stereocenters. The first-order chi connectivity index (χ1) is 10.2. The summed E-state index contributed by atoms with van der Waals surface area (Å²) in [4.78, 5) is 8.54. The molecule has 1 saturated carbocycles. The van der Waals surface area contributed by atoms with Gasteiger partial charge in [-0.05, 0) is 31.4 Å². The van der Waals surface area contributed by atoms with Crippen LogP contribution < -0.4 is 5.73 Å². The fourth-order valence-corrected chi connectivity index (χ4v) is 2.32. The van der Waals surface area contributed by atoms with Gasteiger partial charge in [0, 0.05) is 12.3 Å². The zero-order valence-corrected chi connectivity index (χ0v) is 11.2. The first-order valence-electron chi connectivity index (χ1n) is 6.76. The van der Waals surface area contributed by atoms with Gasteiger partial charge in [-0.25, -0.2) is 0 Å². The molecule has 3 aromatic rings. The predicted octanol–water partition coefficient (Wildman–Crippen LogP) is 2.12. The molecule has 4 rings (SSSR count). The van der Waals surface area contributed by atoms with E-state index in [0.29, 0.717) is 17.3 Å². The van der Waals surface area contributed by atoms with Gasteiger partial charge in [-0.1, -0.05) is 16.4 Å². The molecule has 0 spiro atoms. The average molecular weight is 283 g/mol. The molecule has 0 amide bonds. The Morgan fingerprint density at radius 1 is 1.10 bits per heavy atom. The molecule has 7 nitrogen and oxygen atoms in total. The highest BCUT2D eigenvalue weighted by atomic mass is 16.5. The summed E-state index contributed by atoms with van der Waals surface area (Å²) in [5, 5.41) is 7.93. The Balaban J connectivity index is 1.64. The maximum atomic E-state index is 6.17. The summed E-state index contributed by atoms with van der Waals surface area (Å²) in [6, 6.07) is 7.30. The first kappa shape index (κ1) is 12.2. The Labute approximate surface area is 120 Å². The SMILES string of the molecule is NC1(c2noc(-c3cc(-c4ccccn4)no3)n2)CCC1. The zero-order valence-electron chi connectivity index (χ0n) is 11.2. The summed E-state index contributed by atoms with van der Waals surface area (Å²) in [6.45, 7) is 0. The van der Waals surface area contributed by atoms with Gasteiger partial charge in [0.25, 0.3) is 5.89 Å². The molecule has 1 fully saturated rings. The number of nitrogens with zero attached hydrogens (tertiary/aromatic N) is 4. The summed E-state index contributed by atoms with van der Waals surface area (Å²) in [5.41, 5.74) is 7.06. The Hall–Kier alpha value is -2.54. The minimum atomic E-state index is -0.453. The number of rotatable bonds is 3. The summed E-state index contributed by atoms with van der Waals surface area (Å²) in [7, 11) is 0. The van der Waals surface area contributed by atoms with Gasteiger partial charge in [0.05, 0.1) is 11.2 Å². The molecule has 3 aromatic heterocycles. The number of hydrogen-bond donors (Lipinski definition) is 1. The van der Waals surface area contributed by atoms with Crippen LogP contribution in [0.2, 0.25) is 0 Å². The van der Waals surface area contributed by atoms with E-state index in [9.17, 15) is 0 Å². The molecule has 7 heteroatoms. The van der Waals surface area contributed by atoms with Gasteiger partial charge in [-0.15, -0.1) is 0 Å². The topological polar surface area (TPSA) is 104 Å². The molecule has 3 heterocycles. The van der Waals surface area contributed by atoms with Gasteiger partial charge in [0.15, 0.2) is 5.82 Å². The standard InChI is InChI=1S/C14H13N5O2/c15-14(5-3-6-14)13-17-12(21-19-13)11-8-10(18-20-11)9-4-1-2-7-16-9/h1-2,4,7-8H,3,5-6,15H2. The van der Waals surface area contributed by atoms with Crippen molar-refractivity contribution in [2.24, 2.45) is 5.73 Å². The maximum absolute atomic E-state index is 6.17. The third-order valence-electron chi connectivity index (χ3n) is 3.77. The minimum Gasteiger partial charge on any atom is -0.350 e. The smallest absolute Gasteiger partial charge is 0.296 e. The van der Waals surface area contributed by atoms with Crippen LogP contribution in [0.25, 0.3) is 23.0 Å². The summed E-state index contributed by atoms with van der Waals surface area (Å²) < 4.78 is 10.5. The fourth-order valence-electron chi connectivity index (χ4n) is 2.32. The van der Waals surface area contributed by atoms with Gasteiger partial charge in [0.2, 0.25) is 5.76 Å². The van der Waals surface area contributed by atoms with Crippen LogP contribution in [-0.2, 0) is 5.54 Å². The van der Waals surface area contributed by atoms with E-state index in [1.807, 2.05) is 18.2 Å². The minimum absolute atomic E-state index is 0.288. The number of aromatic nitrogens is 4. The van der Waals surface area contributed by atoms with Crippen molar-refractivity contribution in [1.29, 1.82) is 0 Å². The highest BCUT2D eigenvalue weighted by molar-refractivity contribution is 5.59. The van der Waals surface area contributed by atoms with E-state index < -0.39 is 5.54 Å². The summed E-state index contributed by atoms with van der Waals surface area (Å²) >= 11 is 0. The molecule has 0 radical (unpaired) electrons. The van der Waals surface area contributed by atoms with Crippen molar-refractivity contribution in [2.75, 3.05) is 0 Å². The molecule has 0 aromatic carbocycles. The van der Waals surface area contributed by atoms with Crippen LogP contribution in [0.5, 0.6) is 0 Å². The van der Waals surface area contributed by atoms with E-state index in [0.717, 1.165) is 25.0 Å². The van der Waals surface area contributed by atoms with Crippen molar-refractivity contribution in [3.05, 3.63) is 36.3 Å². The van der Waals surface area contributed by atoms with Crippen LogP contribution >= 0.6 is 0 Å². The van der Waals surface area contributed by atoms with Crippen molar-refractivity contribution >= 4 is 0 Å². The number of hydrogen-bond acceptors (Lipinski definition) is 7. The number of pyridine rings is 1. The van der Waals surface area contributed by atoms with Crippen molar-refractivity contribution in [3.8, 4) is 23.0 Å². The molecule has 106 valence electrons. The lowest BCUT2D eigenvalue weighted by Gasteiger charge is -2.34. The molecule has 0 saturated heterocycles. The zero-order chi connectivity index (χ0) is 14.3. The molecule has 2 N–H and O–H groups in total. The Kier molecular flexibility index (Phi) is 2.61. The maximum Gasteiger partial charge on any atom is 0.296 e. The molecular formula is C14H13N5O2. The van der Waals surface area contributed by atoms with Crippen LogP contribution in [0, 0.1) is 0 Å². The van der Waals surface area contributed by atoms with E-state index in [2.05, 4.69) is 20.3 Å². The third-order valence-corrected chi connectivity index (χ3v) is 3.77. The van der Waals surface area contributed by atoms with Crippen LogP contribution in [0.15, 0.2) is 39.5 Å². The number of nitrogens with two attached hydrogens (primary N) is 1. The van der Waals surface area contributed by atoms with Crippen molar-refractivity contribution < 1.29 is 9.05 Å². The normalized spacial score (nSPS) is 16.6. The van der Waals surface area contributed by atoms with Crippen LogP contribution in [0.1, 0.15) is 25.1 Å². The first-order valence-corrected chi connectivity index (χ1v) is 6.76. The Bertz CT molecular complexity index is 761. The second kappa shape index (κ2) is 4.49. The van der Waals surface area contributed by atoms with E-state index in [1.165, 1.54) is 0 Å². The molecule has 21 heavy (non-hydrogen) atoms. The Morgan fingerprint density at radius 3 is 2.71 bits per heavy atom. The predicted molar refractivity (Wildman–Crippen MR) is 72.7 cm³/mol. The van der Waals surface area contributed by atoms with Crippen molar-refractivity contribution in [3.63, 3.8) is 0 Å². The van der Waals surface area contributed by atoms with Gasteiger partial charge in [-0.3, -0.25) is 4.98 Å². The summed E-state index contributed by atoms with van der Waals surface area (Å²) in [6.07, 6.45) is 4.54.